The molecule has 1 aromatic carbocycles. The molecule has 7 heteroatoms. The summed E-state index contributed by atoms with van der Waals surface area (Å²) < 4.78 is 1.44. The Kier molecular flexibility index (Phi) is 3.03. The first-order valence-electron chi connectivity index (χ1n) is 5.83. The van der Waals surface area contributed by atoms with Crippen molar-refractivity contribution in [3.63, 3.8) is 0 Å². The number of carboxylic acids is 1. The fourth-order valence-electron chi connectivity index (χ4n) is 1.81. The van der Waals surface area contributed by atoms with Gasteiger partial charge in [0.1, 0.15) is 0 Å². The van der Waals surface area contributed by atoms with Crippen molar-refractivity contribution in [2.45, 2.75) is 6.92 Å². The van der Waals surface area contributed by atoms with E-state index in [0.29, 0.717) is 10.8 Å². The van der Waals surface area contributed by atoms with Crippen LogP contribution >= 0.6 is 11.3 Å². The normalized spacial score (nSPS) is 10.7. The number of thiazole rings is 1. The van der Waals surface area contributed by atoms with Gasteiger partial charge in [-0.05, 0) is 6.92 Å². The van der Waals surface area contributed by atoms with Gasteiger partial charge in [0, 0.05) is 10.9 Å². The highest BCUT2D eigenvalue weighted by molar-refractivity contribution is 7.12. The molecule has 20 heavy (non-hydrogen) atoms. The highest BCUT2D eigenvalue weighted by Crippen LogP contribution is 2.24. The minimum Gasteiger partial charge on any atom is -0.476 e. The molecule has 0 aliphatic heterocycles. The van der Waals surface area contributed by atoms with Crippen molar-refractivity contribution in [2.75, 3.05) is 0 Å². The predicted molar refractivity (Wildman–Crippen MR) is 74.2 cm³/mol. The molecule has 0 amide bonds. The van der Waals surface area contributed by atoms with Crippen molar-refractivity contribution in [3.05, 3.63) is 47.1 Å². The molecule has 0 aliphatic carbocycles. The van der Waals surface area contributed by atoms with Crippen molar-refractivity contribution < 1.29 is 9.90 Å². The number of nitrogens with zero attached hydrogens (tertiary/aromatic N) is 4. The molecule has 0 aliphatic rings. The molecular formula is C13H10N4O2S. The van der Waals surface area contributed by atoms with Crippen molar-refractivity contribution >= 4 is 17.3 Å². The first-order valence-corrected chi connectivity index (χ1v) is 6.71. The van der Waals surface area contributed by atoms with E-state index in [9.17, 15) is 4.79 Å². The number of aromatic nitrogens is 4. The van der Waals surface area contributed by atoms with Crippen LogP contribution in [0.5, 0.6) is 0 Å². The molecule has 6 nitrogen and oxygen atoms in total. The van der Waals surface area contributed by atoms with Crippen molar-refractivity contribution in [3.8, 4) is 16.4 Å². The number of carboxylic acid groups (broad SMARTS) is 1. The van der Waals surface area contributed by atoms with Crippen LogP contribution in [0.4, 0.5) is 0 Å². The molecule has 0 saturated carbocycles. The average molecular weight is 286 g/mol. The van der Waals surface area contributed by atoms with E-state index < -0.39 is 5.97 Å². The summed E-state index contributed by atoms with van der Waals surface area (Å²) in [4.78, 5) is 15.4. The molecule has 0 bridgehead atoms. The van der Waals surface area contributed by atoms with Gasteiger partial charge in [0.25, 0.3) is 0 Å². The molecule has 3 rings (SSSR count). The molecule has 0 spiro atoms. The first kappa shape index (κ1) is 12.5. The van der Waals surface area contributed by atoms with Crippen molar-refractivity contribution in [2.24, 2.45) is 0 Å². The monoisotopic (exact) mass is 286 g/mol. The number of aromatic carboxylic acids is 1. The number of rotatable bonds is 3. The molecular weight excluding hydrogens is 276 g/mol. The Morgan fingerprint density at radius 1 is 1.30 bits per heavy atom. The van der Waals surface area contributed by atoms with E-state index >= 15 is 0 Å². The lowest BCUT2D eigenvalue weighted by Crippen LogP contribution is -2.02. The molecule has 0 saturated heterocycles. The summed E-state index contributed by atoms with van der Waals surface area (Å²) in [5.74, 6) is -1.09. The largest absolute Gasteiger partial charge is 0.476 e. The van der Waals surface area contributed by atoms with Gasteiger partial charge in [-0.25, -0.2) is 9.78 Å². The molecule has 0 radical (unpaired) electrons. The molecule has 0 fully saturated rings. The second-order valence-electron chi connectivity index (χ2n) is 4.12. The standard InChI is InChI=1S/C13H10N4O2S/c1-8-11(12(18)19)15-16-17(8)13-14-10(7-20-13)9-5-3-2-4-6-9/h2-7H,1H3,(H,18,19). The van der Waals surface area contributed by atoms with E-state index in [4.69, 9.17) is 5.11 Å². The number of benzene rings is 1. The molecule has 0 atom stereocenters. The first-order chi connectivity index (χ1) is 9.66. The lowest BCUT2D eigenvalue weighted by Gasteiger charge is -1.97. The summed E-state index contributed by atoms with van der Waals surface area (Å²) in [5.41, 5.74) is 2.25. The van der Waals surface area contributed by atoms with Gasteiger partial charge in [0.2, 0.25) is 5.13 Å². The highest BCUT2D eigenvalue weighted by atomic mass is 32.1. The van der Waals surface area contributed by atoms with Gasteiger partial charge in [-0.3, -0.25) is 0 Å². The van der Waals surface area contributed by atoms with Crippen molar-refractivity contribution in [1.82, 2.24) is 20.0 Å². The minimum atomic E-state index is -1.09. The van der Waals surface area contributed by atoms with E-state index in [-0.39, 0.29) is 5.69 Å². The van der Waals surface area contributed by atoms with Crippen LogP contribution in [-0.4, -0.2) is 31.1 Å². The van der Waals surface area contributed by atoms with Gasteiger partial charge in [0.15, 0.2) is 5.69 Å². The van der Waals surface area contributed by atoms with Crippen LogP contribution in [0.1, 0.15) is 16.2 Å². The van der Waals surface area contributed by atoms with E-state index in [1.54, 1.807) is 6.92 Å². The maximum Gasteiger partial charge on any atom is 0.358 e. The molecule has 100 valence electrons. The Balaban J connectivity index is 2.01. The van der Waals surface area contributed by atoms with Crippen LogP contribution in [0.25, 0.3) is 16.4 Å². The van der Waals surface area contributed by atoms with Crippen LogP contribution in [-0.2, 0) is 0 Å². The van der Waals surface area contributed by atoms with E-state index in [2.05, 4.69) is 15.3 Å². The summed E-state index contributed by atoms with van der Waals surface area (Å²) in [6.07, 6.45) is 0. The number of hydrogen-bond acceptors (Lipinski definition) is 5. The van der Waals surface area contributed by atoms with E-state index in [1.807, 2.05) is 35.7 Å². The summed E-state index contributed by atoms with van der Waals surface area (Å²) in [6.45, 7) is 1.66. The Morgan fingerprint density at radius 3 is 2.70 bits per heavy atom. The second kappa shape index (κ2) is 4.86. The van der Waals surface area contributed by atoms with Crippen LogP contribution in [0, 0.1) is 6.92 Å². The van der Waals surface area contributed by atoms with Crippen LogP contribution < -0.4 is 0 Å². The summed E-state index contributed by atoms with van der Waals surface area (Å²) >= 11 is 1.39. The lowest BCUT2D eigenvalue weighted by molar-refractivity contribution is 0.0689. The van der Waals surface area contributed by atoms with E-state index in [1.165, 1.54) is 16.0 Å². The second-order valence-corrected chi connectivity index (χ2v) is 4.96. The molecule has 3 aromatic rings. The van der Waals surface area contributed by atoms with E-state index in [0.717, 1.165) is 11.3 Å². The highest BCUT2D eigenvalue weighted by Gasteiger charge is 2.18. The predicted octanol–water partition coefficient (Wildman–Crippen LogP) is 2.40. The molecule has 0 unspecified atom stereocenters. The average Bonchev–Trinajstić information content (AvgIpc) is 3.06. The maximum absolute atomic E-state index is 11.0. The van der Waals surface area contributed by atoms with Crippen LogP contribution in [0.3, 0.4) is 0 Å². The molecule has 1 N–H and O–H groups in total. The summed E-state index contributed by atoms with van der Waals surface area (Å²) in [6, 6.07) is 9.76. The zero-order valence-corrected chi connectivity index (χ0v) is 11.3. The summed E-state index contributed by atoms with van der Waals surface area (Å²) in [7, 11) is 0. The third-order valence-electron chi connectivity index (χ3n) is 2.84. The summed E-state index contributed by atoms with van der Waals surface area (Å²) in [5, 5.41) is 19.0. The lowest BCUT2D eigenvalue weighted by atomic mass is 10.2. The minimum absolute atomic E-state index is 0.0542. The Labute approximate surface area is 118 Å². The van der Waals surface area contributed by atoms with Gasteiger partial charge in [-0.1, -0.05) is 35.5 Å². The van der Waals surface area contributed by atoms with Crippen LogP contribution in [0.15, 0.2) is 35.7 Å². The number of carbonyl (C=O) groups is 1. The quantitative estimate of drug-likeness (QED) is 0.799. The maximum atomic E-state index is 11.0. The van der Waals surface area contributed by atoms with Gasteiger partial charge < -0.3 is 5.11 Å². The SMILES string of the molecule is Cc1c(C(=O)O)nnn1-c1nc(-c2ccccc2)cs1. The zero-order valence-electron chi connectivity index (χ0n) is 10.5. The molecule has 2 aromatic heterocycles. The smallest absolute Gasteiger partial charge is 0.358 e. The van der Waals surface area contributed by atoms with Gasteiger partial charge in [0.05, 0.1) is 11.4 Å². The van der Waals surface area contributed by atoms with Gasteiger partial charge >= 0.3 is 5.97 Å². The Morgan fingerprint density at radius 2 is 2.05 bits per heavy atom. The molecule has 2 heterocycles. The Hall–Kier alpha value is -2.54. The van der Waals surface area contributed by atoms with Crippen molar-refractivity contribution in [1.29, 1.82) is 0 Å². The van der Waals surface area contributed by atoms with Crippen LogP contribution in [0.2, 0.25) is 0 Å². The Bertz CT molecular complexity index is 764. The topological polar surface area (TPSA) is 80.9 Å². The number of hydrogen-bond donors (Lipinski definition) is 1. The van der Waals surface area contributed by atoms with Gasteiger partial charge in [-0.15, -0.1) is 16.4 Å². The fourth-order valence-corrected chi connectivity index (χ4v) is 2.64. The zero-order chi connectivity index (χ0) is 14.1. The third-order valence-corrected chi connectivity index (χ3v) is 3.66. The van der Waals surface area contributed by atoms with Gasteiger partial charge in [-0.2, -0.15) is 4.68 Å². The fraction of sp³-hybridized carbons (Fsp3) is 0.0769. The third kappa shape index (κ3) is 2.08.